The van der Waals surface area contributed by atoms with Crippen LogP contribution in [0.4, 0.5) is 0 Å². The minimum absolute atomic E-state index is 0.367. The van der Waals surface area contributed by atoms with Crippen LogP contribution in [0, 0.1) is 11.8 Å². The van der Waals surface area contributed by atoms with E-state index in [0.717, 1.165) is 50.0 Å². The first kappa shape index (κ1) is 27.2. The van der Waals surface area contributed by atoms with E-state index in [4.69, 9.17) is 9.47 Å². The number of hydrogen-bond acceptors (Lipinski definition) is 4. The Morgan fingerprint density at radius 3 is 2.06 bits per heavy atom. The standard InChI is InChI=1S/C30H38O4/c1-4-6-8-10-12-29(31)24(3)34-30(32)27-19-15-25(16-20-27)13-14-26-17-21-28(22-18-26)33-23-11-9-7-5-2/h15-22,24H,4-9,11,13-14,23H2,1-3H3. The molecule has 34 heavy (non-hydrogen) atoms. The number of aryl methyl sites for hydroxylation is 2. The summed E-state index contributed by atoms with van der Waals surface area (Å²) in [6, 6.07) is 15.6. The fourth-order valence-corrected chi connectivity index (χ4v) is 3.37. The van der Waals surface area contributed by atoms with Crippen LogP contribution in [0.5, 0.6) is 5.75 Å². The summed E-state index contributed by atoms with van der Waals surface area (Å²) in [4.78, 5) is 24.3. The Hall–Kier alpha value is -3.06. The molecule has 0 fully saturated rings. The van der Waals surface area contributed by atoms with E-state index in [1.54, 1.807) is 19.1 Å². The molecule has 2 aromatic rings. The van der Waals surface area contributed by atoms with E-state index < -0.39 is 12.1 Å². The lowest BCUT2D eigenvalue weighted by molar-refractivity contribution is -0.121. The third-order valence-electron chi connectivity index (χ3n) is 5.60. The number of benzene rings is 2. The molecule has 1 atom stereocenters. The first-order chi connectivity index (χ1) is 16.5. The van der Waals surface area contributed by atoms with Gasteiger partial charge in [0, 0.05) is 6.42 Å². The van der Waals surface area contributed by atoms with Gasteiger partial charge in [0.25, 0.3) is 0 Å². The topological polar surface area (TPSA) is 52.6 Å². The lowest BCUT2D eigenvalue weighted by Gasteiger charge is -2.10. The van der Waals surface area contributed by atoms with Crippen LogP contribution >= 0.6 is 0 Å². The van der Waals surface area contributed by atoms with Gasteiger partial charge in [-0.3, -0.25) is 4.79 Å². The number of esters is 1. The van der Waals surface area contributed by atoms with Gasteiger partial charge in [-0.2, -0.15) is 0 Å². The van der Waals surface area contributed by atoms with Crippen molar-refractivity contribution >= 4 is 11.8 Å². The summed E-state index contributed by atoms with van der Waals surface area (Å²) in [5.41, 5.74) is 2.82. The molecule has 0 bridgehead atoms. The van der Waals surface area contributed by atoms with Crippen molar-refractivity contribution in [3.63, 3.8) is 0 Å². The number of unbranched alkanes of at least 4 members (excludes halogenated alkanes) is 5. The molecule has 2 rings (SSSR count). The van der Waals surface area contributed by atoms with Crippen molar-refractivity contribution in [3.05, 3.63) is 65.2 Å². The van der Waals surface area contributed by atoms with Crippen LogP contribution in [0.15, 0.2) is 48.5 Å². The molecule has 0 spiro atoms. The minimum Gasteiger partial charge on any atom is -0.494 e. The monoisotopic (exact) mass is 462 g/mol. The van der Waals surface area contributed by atoms with Crippen LogP contribution in [-0.4, -0.2) is 24.5 Å². The quantitative estimate of drug-likeness (QED) is 0.135. The van der Waals surface area contributed by atoms with Crippen LogP contribution < -0.4 is 4.74 Å². The smallest absolute Gasteiger partial charge is 0.338 e. The van der Waals surface area contributed by atoms with Gasteiger partial charge >= 0.3 is 5.97 Å². The van der Waals surface area contributed by atoms with Crippen molar-refractivity contribution in [2.45, 2.75) is 84.7 Å². The predicted octanol–water partition coefficient (Wildman–Crippen LogP) is 6.74. The van der Waals surface area contributed by atoms with Crippen molar-refractivity contribution in [2.24, 2.45) is 0 Å². The Kier molecular flexibility index (Phi) is 12.6. The molecule has 0 aliphatic carbocycles. The highest BCUT2D eigenvalue weighted by molar-refractivity contribution is 6.01. The van der Waals surface area contributed by atoms with Crippen LogP contribution in [0.1, 0.15) is 87.2 Å². The molecule has 0 aliphatic rings. The zero-order valence-electron chi connectivity index (χ0n) is 20.9. The van der Waals surface area contributed by atoms with Gasteiger partial charge in [0.2, 0.25) is 5.78 Å². The number of ether oxygens (including phenoxy) is 2. The van der Waals surface area contributed by atoms with Gasteiger partial charge in [-0.15, -0.1) is 0 Å². The fraction of sp³-hybridized carbons (Fsp3) is 0.467. The molecule has 0 aromatic heterocycles. The summed E-state index contributed by atoms with van der Waals surface area (Å²) < 4.78 is 11.1. The molecular formula is C30H38O4. The zero-order chi connectivity index (χ0) is 24.6. The maximum atomic E-state index is 12.4. The molecular weight excluding hydrogens is 424 g/mol. The van der Waals surface area contributed by atoms with E-state index >= 15 is 0 Å². The van der Waals surface area contributed by atoms with E-state index in [1.165, 1.54) is 24.8 Å². The van der Waals surface area contributed by atoms with Crippen LogP contribution in [-0.2, 0) is 22.4 Å². The molecule has 182 valence electrons. The molecule has 2 aromatic carbocycles. The summed E-state index contributed by atoms with van der Waals surface area (Å²) >= 11 is 0. The Bertz CT molecular complexity index is 933. The molecule has 0 N–H and O–H groups in total. The van der Waals surface area contributed by atoms with Gasteiger partial charge in [-0.05, 0) is 73.9 Å². The van der Waals surface area contributed by atoms with E-state index in [9.17, 15) is 9.59 Å². The lowest BCUT2D eigenvalue weighted by Crippen LogP contribution is -2.23. The van der Waals surface area contributed by atoms with Crippen LogP contribution in [0.2, 0.25) is 0 Å². The average molecular weight is 463 g/mol. The second kappa shape index (κ2) is 15.7. The summed E-state index contributed by atoms with van der Waals surface area (Å²) in [5, 5.41) is 0. The van der Waals surface area contributed by atoms with E-state index in [0.29, 0.717) is 12.0 Å². The normalized spacial score (nSPS) is 11.3. The Labute approximate surface area is 205 Å². The number of Topliss-reactive ketones (excluding diaryl/α,β-unsaturated/α-hetero) is 1. The van der Waals surface area contributed by atoms with Crippen molar-refractivity contribution in [2.75, 3.05) is 6.61 Å². The lowest BCUT2D eigenvalue weighted by atomic mass is 10.0. The zero-order valence-corrected chi connectivity index (χ0v) is 20.9. The Morgan fingerprint density at radius 2 is 1.44 bits per heavy atom. The van der Waals surface area contributed by atoms with Gasteiger partial charge in [-0.25, -0.2) is 4.79 Å². The number of ketones is 1. The first-order valence-corrected chi connectivity index (χ1v) is 12.6. The van der Waals surface area contributed by atoms with Crippen molar-refractivity contribution < 1.29 is 19.1 Å². The largest absolute Gasteiger partial charge is 0.494 e. The molecule has 0 aliphatic heterocycles. The van der Waals surface area contributed by atoms with E-state index in [1.807, 2.05) is 24.3 Å². The van der Waals surface area contributed by atoms with Crippen molar-refractivity contribution in [3.8, 4) is 17.6 Å². The van der Waals surface area contributed by atoms with Crippen molar-refractivity contribution in [1.29, 1.82) is 0 Å². The van der Waals surface area contributed by atoms with E-state index in [2.05, 4.69) is 37.8 Å². The molecule has 0 radical (unpaired) electrons. The minimum atomic E-state index is -0.871. The molecule has 0 amide bonds. The second-order valence-electron chi connectivity index (χ2n) is 8.57. The summed E-state index contributed by atoms with van der Waals surface area (Å²) in [5.74, 6) is 5.44. The van der Waals surface area contributed by atoms with Crippen LogP contribution in [0.25, 0.3) is 0 Å². The Morgan fingerprint density at radius 1 is 0.824 bits per heavy atom. The highest BCUT2D eigenvalue weighted by atomic mass is 16.5. The Balaban J connectivity index is 1.77. The summed E-state index contributed by atoms with van der Waals surface area (Å²) in [6.07, 6.45) is 8.39. The number of hydrogen-bond donors (Lipinski definition) is 0. The van der Waals surface area contributed by atoms with Crippen molar-refractivity contribution in [1.82, 2.24) is 0 Å². The maximum Gasteiger partial charge on any atom is 0.338 e. The SMILES string of the molecule is CCCCC#CC(=O)C(C)OC(=O)c1ccc(CCc2ccc(OCCCCCC)cc2)cc1. The molecule has 1 unspecified atom stereocenters. The maximum absolute atomic E-state index is 12.4. The number of rotatable bonds is 14. The first-order valence-electron chi connectivity index (χ1n) is 12.6. The second-order valence-corrected chi connectivity index (χ2v) is 8.57. The molecule has 0 saturated carbocycles. The third-order valence-corrected chi connectivity index (χ3v) is 5.60. The van der Waals surface area contributed by atoms with Gasteiger partial charge in [0.05, 0.1) is 12.2 Å². The molecule has 0 heterocycles. The number of carbonyl (C=O) groups excluding carboxylic acids is 2. The number of carbonyl (C=O) groups is 2. The molecule has 0 saturated heterocycles. The molecule has 4 heteroatoms. The van der Waals surface area contributed by atoms with E-state index in [-0.39, 0.29) is 5.78 Å². The van der Waals surface area contributed by atoms with Crippen LogP contribution in [0.3, 0.4) is 0 Å². The van der Waals surface area contributed by atoms with Gasteiger partial charge < -0.3 is 9.47 Å². The van der Waals surface area contributed by atoms with Gasteiger partial charge in [-0.1, -0.05) is 69.7 Å². The predicted molar refractivity (Wildman–Crippen MR) is 137 cm³/mol. The highest BCUT2D eigenvalue weighted by Gasteiger charge is 2.17. The average Bonchev–Trinajstić information content (AvgIpc) is 2.86. The molecule has 4 nitrogen and oxygen atoms in total. The van der Waals surface area contributed by atoms with Gasteiger partial charge in [0.15, 0.2) is 6.10 Å². The highest BCUT2D eigenvalue weighted by Crippen LogP contribution is 2.16. The fourth-order valence-electron chi connectivity index (χ4n) is 3.37. The summed E-state index contributed by atoms with van der Waals surface area (Å²) in [6.45, 7) is 6.61. The third kappa shape index (κ3) is 10.3. The summed E-state index contributed by atoms with van der Waals surface area (Å²) in [7, 11) is 0. The van der Waals surface area contributed by atoms with Gasteiger partial charge in [0.1, 0.15) is 5.75 Å².